The van der Waals surface area contributed by atoms with Gasteiger partial charge in [0.25, 0.3) is 0 Å². The maximum absolute atomic E-state index is 12.6. The predicted octanol–water partition coefficient (Wildman–Crippen LogP) is 7.10. The van der Waals surface area contributed by atoms with Crippen molar-refractivity contribution in [2.24, 2.45) is 11.8 Å². The van der Waals surface area contributed by atoms with Crippen molar-refractivity contribution in [3.05, 3.63) is 71.4 Å². The highest BCUT2D eigenvalue weighted by molar-refractivity contribution is 5.82. The van der Waals surface area contributed by atoms with Crippen LogP contribution in [0.4, 0.5) is 0 Å². The van der Waals surface area contributed by atoms with Gasteiger partial charge in [-0.25, -0.2) is 4.79 Å². The Kier molecular flexibility index (Phi) is 17.1. The molecule has 0 aromatic rings. The van der Waals surface area contributed by atoms with Gasteiger partial charge in [0.1, 0.15) is 12.2 Å². The summed E-state index contributed by atoms with van der Waals surface area (Å²) in [6, 6.07) is 0. The van der Waals surface area contributed by atoms with Gasteiger partial charge in [-0.1, -0.05) is 86.1 Å². The van der Waals surface area contributed by atoms with Gasteiger partial charge < -0.3 is 19.7 Å². The van der Waals surface area contributed by atoms with Crippen molar-refractivity contribution < 1.29 is 29.3 Å². The third kappa shape index (κ3) is 16.4. The Morgan fingerprint density at radius 1 is 1.05 bits per heavy atom. The van der Waals surface area contributed by atoms with Crippen molar-refractivity contribution in [3.63, 3.8) is 0 Å². The molecule has 0 saturated heterocycles. The van der Waals surface area contributed by atoms with E-state index in [1.54, 1.807) is 13.0 Å². The number of carbonyl (C=O) groups is 2. The summed E-state index contributed by atoms with van der Waals surface area (Å²) >= 11 is 0. The first kappa shape index (κ1) is 35.3. The van der Waals surface area contributed by atoms with Gasteiger partial charge in [-0.3, -0.25) is 4.79 Å². The average molecular weight is 557 g/mol. The lowest BCUT2D eigenvalue weighted by atomic mass is 9.94. The van der Waals surface area contributed by atoms with Crippen LogP contribution in [0.2, 0.25) is 0 Å². The first-order valence-electron chi connectivity index (χ1n) is 14.7. The van der Waals surface area contributed by atoms with Gasteiger partial charge in [-0.15, -0.1) is 0 Å². The highest BCUT2D eigenvalue weighted by Gasteiger charge is 2.23. The van der Waals surface area contributed by atoms with Crippen LogP contribution >= 0.6 is 0 Å². The molecule has 0 fully saturated rings. The van der Waals surface area contributed by atoms with Crippen molar-refractivity contribution in [3.8, 4) is 0 Å². The Balaban J connectivity index is 2.69. The van der Waals surface area contributed by atoms with Gasteiger partial charge in [0, 0.05) is 18.9 Å². The van der Waals surface area contributed by atoms with Crippen molar-refractivity contribution in [2.75, 3.05) is 0 Å². The normalized spacial score (nSPS) is 24.9. The fourth-order valence-electron chi connectivity index (χ4n) is 4.36. The number of allylic oxidation sites excluding steroid dienone is 9. The second kappa shape index (κ2) is 19.4. The molecule has 0 saturated carbocycles. The van der Waals surface area contributed by atoms with Gasteiger partial charge in [0.2, 0.25) is 0 Å². The van der Waals surface area contributed by atoms with E-state index in [0.717, 1.165) is 23.1 Å². The molecule has 6 nitrogen and oxygen atoms in total. The minimum atomic E-state index is -0.545. The maximum Gasteiger partial charge on any atom is 0.331 e. The average Bonchev–Trinajstić information content (AvgIpc) is 2.86. The van der Waals surface area contributed by atoms with E-state index in [4.69, 9.17) is 9.47 Å². The van der Waals surface area contributed by atoms with E-state index in [-0.39, 0.29) is 36.0 Å². The Labute approximate surface area is 242 Å². The lowest BCUT2D eigenvalue weighted by molar-refractivity contribution is -0.151. The number of esters is 2. The summed E-state index contributed by atoms with van der Waals surface area (Å²) in [7, 11) is 0. The van der Waals surface area contributed by atoms with Crippen LogP contribution in [-0.4, -0.2) is 46.6 Å². The molecule has 1 heterocycles. The number of cyclic esters (lactones) is 1. The summed E-state index contributed by atoms with van der Waals surface area (Å²) < 4.78 is 11.5. The van der Waals surface area contributed by atoms with Gasteiger partial charge >= 0.3 is 11.9 Å². The van der Waals surface area contributed by atoms with Crippen LogP contribution in [-0.2, 0) is 19.1 Å². The smallest absolute Gasteiger partial charge is 0.331 e. The molecule has 0 radical (unpaired) electrons. The van der Waals surface area contributed by atoms with Gasteiger partial charge in [-0.2, -0.15) is 0 Å². The van der Waals surface area contributed by atoms with Crippen LogP contribution in [0.3, 0.4) is 0 Å². The summed E-state index contributed by atoms with van der Waals surface area (Å²) in [6.07, 6.45) is 19.7. The first-order valence-corrected chi connectivity index (χ1v) is 14.7. The second-order valence-electron chi connectivity index (χ2n) is 11.5. The van der Waals surface area contributed by atoms with E-state index >= 15 is 0 Å². The summed E-state index contributed by atoms with van der Waals surface area (Å²) in [5, 5.41) is 19.2. The van der Waals surface area contributed by atoms with Gasteiger partial charge in [-0.05, 0) is 71.6 Å². The monoisotopic (exact) mass is 556 g/mol. The van der Waals surface area contributed by atoms with E-state index in [0.29, 0.717) is 38.5 Å². The van der Waals surface area contributed by atoms with Crippen LogP contribution in [0.1, 0.15) is 93.4 Å². The number of hydrogen-bond acceptors (Lipinski definition) is 6. The van der Waals surface area contributed by atoms with Crippen molar-refractivity contribution in [1.82, 2.24) is 0 Å². The number of aliphatic hydroxyl groups excluding tert-OH is 2. The van der Waals surface area contributed by atoms with Crippen LogP contribution < -0.4 is 0 Å². The van der Waals surface area contributed by atoms with E-state index in [9.17, 15) is 19.8 Å². The molecule has 2 N–H and O–H groups in total. The number of ether oxygens (including phenoxy) is 2. The van der Waals surface area contributed by atoms with E-state index in [1.165, 1.54) is 6.08 Å². The number of carbonyl (C=O) groups excluding carboxylic acids is 2. The van der Waals surface area contributed by atoms with Crippen molar-refractivity contribution in [1.29, 1.82) is 0 Å². The second-order valence-corrected chi connectivity index (χ2v) is 11.5. The number of hydrogen-bond donors (Lipinski definition) is 2. The molecule has 1 rings (SSSR count). The third-order valence-corrected chi connectivity index (χ3v) is 6.82. The molecule has 0 aromatic heterocycles. The molecule has 0 aliphatic carbocycles. The Morgan fingerprint density at radius 3 is 2.42 bits per heavy atom. The summed E-state index contributed by atoms with van der Waals surface area (Å²) in [5.41, 5.74) is 2.98. The number of rotatable bonds is 11. The highest BCUT2D eigenvalue weighted by atomic mass is 16.5. The lowest BCUT2D eigenvalue weighted by Crippen LogP contribution is -2.26. The zero-order chi connectivity index (χ0) is 30.1. The quantitative estimate of drug-likeness (QED) is 0.122. The zero-order valence-electron chi connectivity index (χ0n) is 25.6. The molecule has 6 heteroatoms. The molecule has 40 heavy (non-hydrogen) atoms. The molecule has 0 amide bonds. The minimum absolute atomic E-state index is 0.101. The lowest BCUT2D eigenvalue weighted by Gasteiger charge is -2.24. The Morgan fingerprint density at radius 2 is 1.75 bits per heavy atom. The third-order valence-electron chi connectivity index (χ3n) is 6.82. The Bertz CT molecular complexity index is 963. The molecule has 1 aliphatic heterocycles. The molecule has 224 valence electrons. The van der Waals surface area contributed by atoms with E-state index < -0.39 is 12.2 Å². The van der Waals surface area contributed by atoms with E-state index in [1.807, 2.05) is 51.2 Å². The molecular weight excluding hydrogens is 504 g/mol. The van der Waals surface area contributed by atoms with Gasteiger partial charge in [0.15, 0.2) is 0 Å². The summed E-state index contributed by atoms with van der Waals surface area (Å²) in [4.78, 5) is 24.9. The molecular formula is C34H52O6. The zero-order valence-corrected chi connectivity index (χ0v) is 25.6. The molecule has 0 spiro atoms. The molecule has 0 bridgehead atoms. The molecule has 0 aromatic carbocycles. The van der Waals surface area contributed by atoms with Crippen molar-refractivity contribution in [2.45, 2.75) is 118 Å². The van der Waals surface area contributed by atoms with Crippen LogP contribution in [0.25, 0.3) is 0 Å². The van der Waals surface area contributed by atoms with Crippen LogP contribution in [0, 0.1) is 11.8 Å². The SMILES string of the molecule is CC(=C\C=C\C(C)=C\C[C@H](O)C[C@H](C)O)/C=C(C)/C=C/C(=O)O[C@H]1CCCC(=O)O[C@@H](C(C)C)C/C=C/C[C@@H]1C. The van der Waals surface area contributed by atoms with Crippen LogP contribution in [0.5, 0.6) is 0 Å². The van der Waals surface area contributed by atoms with Gasteiger partial charge in [0.05, 0.1) is 12.2 Å². The predicted molar refractivity (Wildman–Crippen MR) is 162 cm³/mol. The first-order chi connectivity index (χ1) is 18.9. The standard InChI is InChI=1S/C34H52O6/c1-24(2)31-15-9-8-14-28(6)32(16-11-17-33(37)39-31)40-34(38)21-19-27(5)22-26(4)13-10-12-25(3)18-20-30(36)23-29(7)35/h8-10,12-13,18-19,21-22,24,28-32,35-36H,11,14-17,20,23H2,1-7H3/b9-8+,12-10+,21-19+,25-18+,26-13+,27-22+/t28-,29-,30-,31+,32-/m0/s1. The fraction of sp³-hybridized carbons (Fsp3) is 0.588. The molecule has 1 aliphatic rings. The maximum atomic E-state index is 12.6. The topological polar surface area (TPSA) is 93.1 Å². The van der Waals surface area contributed by atoms with Crippen LogP contribution in [0.15, 0.2) is 71.4 Å². The molecule has 5 atom stereocenters. The Hall–Kier alpha value is -2.70. The fourth-order valence-corrected chi connectivity index (χ4v) is 4.36. The minimum Gasteiger partial charge on any atom is -0.462 e. The van der Waals surface area contributed by atoms with Crippen molar-refractivity contribution >= 4 is 11.9 Å². The summed E-state index contributed by atoms with van der Waals surface area (Å²) in [5.74, 6) is -0.165. The number of aliphatic hydroxyl groups is 2. The highest BCUT2D eigenvalue weighted by Crippen LogP contribution is 2.22. The van der Waals surface area contributed by atoms with E-state index in [2.05, 4.69) is 32.9 Å². The summed E-state index contributed by atoms with van der Waals surface area (Å²) in [6.45, 7) is 13.8. The molecule has 0 unspecified atom stereocenters. The largest absolute Gasteiger partial charge is 0.462 e.